The van der Waals surface area contributed by atoms with Gasteiger partial charge >= 0.3 is 0 Å². The number of methoxy groups -OCH3 is 1. The van der Waals surface area contributed by atoms with Crippen LogP contribution in [0.2, 0.25) is 0 Å². The molecule has 2 nitrogen and oxygen atoms in total. The Labute approximate surface area is 109 Å². The maximum Gasteiger partial charge on any atom is 0.122 e. The van der Waals surface area contributed by atoms with Gasteiger partial charge in [-0.2, -0.15) is 11.8 Å². The Morgan fingerprint density at radius 2 is 1.94 bits per heavy atom. The zero-order valence-corrected chi connectivity index (χ0v) is 12.2. The van der Waals surface area contributed by atoms with Gasteiger partial charge in [-0.1, -0.05) is 13.0 Å². The molecule has 1 aromatic rings. The van der Waals surface area contributed by atoms with Crippen LogP contribution in [0.3, 0.4) is 0 Å². The Morgan fingerprint density at radius 3 is 2.47 bits per heavy atom. The van der Waals surface area contributed by atoms with Crippen LogP contribution < -0.4 is 10.5 Å². The van der Waals surface area contributed by atoms with Gasteiger partial charge < -0.3 is 10.5 Å². The topological polar surface area (TPSA) is 35.2 Å². The van der Waals surface area contributed by atoms with Crippen molar-refractivity contribution in [3.63, 3.8) is 0 Å². The van der Waals surface area contributed by atoms with Crippen molar-refractivity contribution in [1.82, 2.24) is 0 Å². The molecule has 0 radical (unpaired) electrons. The van der Waals surface area contributed by atoms with Crippen molar-refractivity contribution in [1.29, 1.82) is 0 Å². The average Bonchev–Trinajstić information content (AvgIpc) is 2.31. The van der Waals surface area contributed by atoms with Crippen LogP contribution in [-0.2, 0) is 0 Å². The maximum absolute atomic E-state index is 6.33. The van der Waals surface area contributed by atoms with E-state index in [1.807, 2.05) is 11.8 Å². The zero-order chi connectivity index (χ0) is 13.0. The molecule has 0 fully saturated rings. The first kappa shape index (κ1) is 14.4. The summed E-state index contributed by atoms with van der Waals surface area (Å²) in [7, 11) is 1.71. The van der Waals surface area contributed by atoms with Gasteiger partial charge in [-0.15, -0.1) is 0 Å². The Bertz CT molecular complexity index is 379. The van der Waals surface area contributed by atoms with Crippen molar-refractivity contribution in [2.75, 3.05) is 19.1 Å². The third-order valence-corrected chi connectivity index (χ3v) is 4.04. The van der Waals surface area contributed by atoms with Crippen molar-refractivity contribution in [3.8, 4) is 5.75 Å². The molecule has 0 heterocycles. The van der Waals surface area contributed by atoms with Crippen molar-refractivity contribution in [2.45, 2.75) is 26.8 Å². The second-order valence-electron chi connectivity index (χ2n) is 4.64. The molecule has 1 aromatic carbocycles. The molecule has 17 heavy (non-hydrogen) atoms. The molecule has 2 N–H and O–H groups in total. The molecule has 0 aliphatic heterocycles. The summed E-state index contributed by atoms with van der Waals surface area (Å²) >= 11 is 1.85. The summed E-state index contributed by atoms with van der Waals surface area (Å²) < 4.78 is 5.32. The summed E-state index contributed by atoms with van der Waals surface area (Å²) in [4.78, 5) is 0. The molecule has 0 bridgehead atoms. The second-order valence-corrected chi connectivity index (χ2v) is 5.55. The van der Waals surface area contributed by atoms with Gasteiger partial charge in [0.2, 0.25) is 0 Å². The van der Waals surface area contributed by atoms with E-state index in [9.17, 15) is 0 Å². The fourth-order valence-corrected chi connectivity index (χ4v) is 2.80. The first-order valence-corrected chi connectivity index (χ1v) is 7.30. The SMILES string of the molecule is COc1cc(C)c(C(N)C(C)CSC)cc1C. The highest BCUT2D eigenvalue weighted by Gasteiger charge is 2.17. The second kappa shape index (κ2) is 6.31. The molecule has 0 aliphatic rings. The number of benzene rings is 1. The first-order chi connectivity index (χ1) is 8.01. The van der Waals surface area contributed by atoms with Crippen molar-refractivity contribution in [2.24, 2.45) is 11.7 Å². The van der Waals surface area contributed by atoms with Crippen molar-refractivity contribution < 1.29 is 4.74 Å². The molecule has 96 valence electrons. The number of rotatable bonds is 5. The number of nitrogens with two attached hydrogens (primary N) is 1. The van der Waals surface area contributed by atoms with E-state index >= 15 is 0 Å². The monoisotopic (exact) mass is 253 g/mol. The van der Waals surface area contributed by atoms with Crippen molar-refractivity contribution >= 4 is 11.8 Å². The minimum Gasteiger partial charge on any atom is -0.496 e. The van der Waals surface area contributed by atoms with Gasteiger partial charge in [0.1, 0.15) is 5.75 Å². The number of aryl methyl sites for hydroxylation is 2. The van der Waals surface area contributed by atoms with Crippen LogP contribution in [0.25, 0.3) is 0 Å². The highest BCUT2D eigenvalue weighted by Crippen LogP contribution is 2.29. The fraction of sp³-hybridized carbons (Fsp3) is 0.571. The molecule has 0 saturated heterocycles. The lowest BCUT2D eigenvalue weighted by Gasteiger charge is -2.22. The lowest BCUT2D eigenvalue weighted by atomic mass is 9.92. The lowest BCUT2D eigenvalue weighted by molar-refractivity contribution is 0.410. The summed E-state index contributed by atoms with van der Waals surface area (Å²) in [5.74, 6) is 2.51. The Balaban J connectivity index is 3.01. The Hall–Kier alpha value is -0.670. The highest BCUT2D eigenvalue weighted by molar-refractivity contribution is 7.98. The summed E-state index contributed by atoms with van der Waals surface area (Å²) in [6, 6.07) is 4.35. The van der Waals surface area contributed by atoms with E-state index in [0.717, 1.165) is 17.1 Å². The largest absolute Gasteiger partial charge is 0.496 e. The molecule has 0 aromatic heterocycles. The molecule has 0 spiro atoms. The molecule has 2 unspecified atom stereocenters. The third-order valence-electron chi connectivity index (χ3n) is 3.19. The Morgan fingerprint density at radius 1 is 1.29 bits per heavy atom. The van der Waals surface area contributed by atoms with Gasteiger partial charge in [0.25, 0.3) is 0 Å². The number of thioether (sulfide) groups is 1. The molecular weight excluding hydrogens is 230 g/mol. The standard InChI is InChI=1S/C14H23NOS/c1-9-7-13(16-4)10(2)6-12(9)14(15)11(3)8-17-5/h6-7,11,14H,8,15H2,1-5H3. The van der Waals surface area contributed by atoms with E-state index < -0.39 is 0 Å². The molecule has 1 rings (SSSR count). The zero-order valence-electron chi connectivity index (χ0n) is 11.4. The van der Waals surface area contributed by atoms with Crippen LogP contribution in [0.5, 0.6) is 5.75 Å². The number of ether oxygens (including phenoxy) is 1. The van der Waals surface area contributed by atoms with Crippen LogP contribution in [0, 0.1) is 19.8 Å². The van der Waals surface area contributed by atoms with E-state index in [1.54, 1.807) is 7.11 Å². The molecule has 0 saturated carbocycles. The lowest BCUT2D eigenvalue weighted by Crippen LogP contribution is -2.22. The quantitative estimate of drug-likeness (QED) is 0.874. The van der Waals surface area contributed by atoms with Gasteiger partial charge in [-0.05, 0) is 54.5 Å². The van der Waals surface area contributed by atoms with Crippen LogP contribution in [0.15, 0.2) is 12.1 Å². The van der Waals surface area contributed by atoms with Gasteiger partial charge in [-0.3, -0.25) is 0 Å². The summed E-state index contributed by atoms with van der Waals surface area (Å²) in [6.45, 7) is 6.37. The fourth-order valence-electron chi connectivity index (χ4n) is 2.06. The van der Waals surface area contributed by atoms with E-state index in [0.29, 0.717) is 5.92 Å². The molecule has 3 heteroatoms. The van der Waals surface area contributed by atoms with Crippen LogP contribution in [0.1, 0.15) is 29.7 Å². The molecular formula is C14H23NOS. The van der Waals surface area contributed by atoms with Gasteiger partial charge in [-0.25, -0.2) is 0 Å². The smallest absolute Gasteiger partial charge is 0.122 e. The highest BCUT2D eigenvalue weighted by atomic mass is 32.2. The number of hydrogen-bond donors (Lipinski definition) is 1. The normalized spacial score (nSPS) is 14.5. The minimum atomic E-state index is 0.104. The summed E-state index contributed by atoms with van der Waals surface area (Å²) in [5.41, 5.74) is 9.94. The number of hydrogen-bond acceptors (Lipinski definition) is 3. The van der Waals surface area contributed by atoms with Gasteiger partial charge in [0.15, 0.2) is 0 Å². The predicted octanol–water partition coefficient (Wildman–Crippen LogP) is 3.31. The molecule has 0 aliphatic carbocycles. The van der Waals surface area contributed by atoms with Crippen LogP contribution in [-0.4, -0.2) is 19.1 Å². The van der Waals surface area contributed by atoms with Gasteiger partial charge in [0, 0.05) is 6.04 Å². The van der Waals surface area contributed by atoms with Crippen LogP contribution >= 0.6 is 11.8 Å². The minimum absolute atomic E-state index is 0.104. The predicted molar refractivity (Wildman–Crippen MR) is 76.9 cm³/mol. The molecule has 2 atom stereocenters. The van der Waals surface area contributed by atoms with E-state index in [4.69, 9.17) is 10.5 Å². The van der Waals surface area contributed by atoms with E-state index in [2.05, 4.69) is 39.2 Å². The van der Waals surface area contributed by atoms with Gasteiger partial charge in [0.05, 0.1) is 7.11 Å². The van der Waals surface area contributed by atoms with Crippen molar-refractivity contribution in [3.05, 3.63) is 28.8 Å². The first-order valence-electron chi connectivity index (χ1n) is 5.90. The van der Waals surface area contributed by atoms with E-state index in [-0.39, 0.29) is 6.04 Å². The third kappa shape index (κ3) is 3.39. The summed E-state index contributed by atoms with van der Waals surface area (Å²) in [5, 5.41) is 0. The Kier molecular flexibility index (Phi) is 5.34. The average molecular weight is 253 g/mol. The summed E-state index contributed by atoms with van der Waals surface area (Å²) in [6.07, 6.45) is 2.12. The van der Waals surface area contributed by atoms with Crippen LogP contribution in [0.4, 0.5) is 0 Å². The molecule has 0 amide bonds. The van der Waals surface area contributed by atoms with E-state index in [1.165, 1.54) is 11.1 Å². The maximum atomic E-state index is 6.33.